The van der Waals surface area contributed by atoms with Crippen LogP contribution in [0.15, 0.2) is 18.3 Å². The van der Waals surface area contributed by atoms with Gasteiger partial charge in [-0.3, -0.25) is 4.98 Å². The lowest BCUT2D eigenvalue weighted by Crippen LogP contribution is -2.35. The van der Waals surface area contributed by atoms with Crippen LogP contribution in [0.1, 0.15) is 30.5 Å². The minimum atomic E-state index is 0.938. The highest BCUT2D eigenvalue weighted by Crippen LogP contribution is 2.07. The van der Waals surface area contributed by atoms with Crippen molar-refractivity contribution in [2.24, 2.45) is 0 Å². The summed E-state index contributed by atoms with van der Waals surface area (Å²) >= 11 is 0. The molecule has 2 heterocycles. The summed E-state index contributed by atoms with van der Waals surface area (Å²) in [7, 11) is 0. The van der Waals surface area contributed by atoms with E-state index in [2.05, 4.69) is 28.2 Å². The zero-order valence-electron chi connectivity index (χ0n) is 10.8. The second kappa shape index (κ2) is 6.72. The van der Waals surface area contributed by atoms with Crippen molar-refractivity contribution in [1.82, 2.24) is 15.2 Å². The van der Waals surface area contributed by atoms with Crippen molar-refractivity contribution in [1.29, 1.82) is 0 Å². The molecule has 2 rings (SSSR count). The van der Waals surface area contributed by atoms with Gasteiger partial charge in [-0.15, -0.1) is 0 Å². The molecule has 0 aromatic carbocycles. The average Bonchev–Trinajstić information content (AvgIpc) is 2.38. The molecule has 1 aromatic rings. The fourth-order valence-corrected chi connectivity index (χ4v) is 2.35. The van der Waals surface area contributed by atoms with Crippen LogP contribution in [0.3, 0.4) is 0 Å². The summed E-state index contributed by atoms with van der Waals surface area (Å²) in [5.74, 6) is 0. The van der Waals surface area contributed by atoms with Crippen LogP contribution in [0.25, 0.3) is 0 Å². The quantitative estimate of drug-likeness (QED) is 0.788. The van der Waals surface area contributed by atoms with Crippen LogP contribution in [0, 0.1) is 6.92 Å². The van der Waals surface area contributed by atoms with E-state index in [9.17, 15) is 0 Å². The Morgan fingerprint density at radius 1 is 1.29 bits per heavy atom. The van der Waals surface area contributed by atoms with Crippen LogP contribution in [0.4, 0.5) is 0 Å². The fourth-order valence-electron chi connectivity index (χ4n) is 2.35. The molecule has 0 unspecified atom stereocenters. The number of aryl methyl sites for hydroxylation is 1. The molecular formula is C14H23N3. The highest BCUT2D eigenvalue weighted by Gasteiger charge is 2.08. The van der Waals surface area contributed by atoms with Crippen LogP contribution < -0.4 is 5.32 Å². The van der Waals surface area contributed by atoms with Crippen molar-refractivity contribution in [3.63, 3.8) is 0 Å². The Balaban J connectivity index is 1.64. The Kier molecular flexibility index (Phi) is 4.95. The summed E-state index contributed by atoms with van der Waals surface area (Å²) in [6, 6.07) is 4.16. The van der Waals surface area contributed by atoms with E-state index in [1.807, 2.05) is 12.3 Å². The third-order valence-electron chi connectivity index (χ3n) is 3.49. The first-order chi connectivity index (χ1) is 8.36. The van der Waals surface area contributed by atoms with Crippen LogP contribution >= 0.6 is 0 Å². The number of hydrogen-bond acceptors (Lipinski definition) is 3. The smallest absolute Gasteiger partial charge is 0.0417 e. The van der Waals surface area contributed by atoms with Gasteiger partial charge in [0.05, 0.1) is 0 Å². The SMILES string of the molecule is Cc1ncccc1CNCCN1CCCCC1. The maximum atomic E-state index is 4.30. The van der Waals surface area contributed by atoms with Crippen molar-refractivity contribution >= 4 is 0 Å². The minimum absolute atomic E-state index is 0.938. The Bertz CT molecular complexity index is 332. The van der Waals surface area contributed by atoms with Gasteiger partial charge in [0.2, 0.25) is 0 Å². The topological polar surface area (TPSA) is 28.2 Å². The van der Waals surface area contributed by atoms with Crippen LogP contribution in [0.5, 0.6) is 0 Å². The number of piperidine rings is 1. The molecule has 3 heteroatoms. The molecule has 1 aromatic heterocycles. The lowest BCUT2D eigenvalue weighted by Gasteiger charge is -2.26. The van der Waals surface area contributed by atoms with Crippen molar-refractivity contribution in [2.45, 2.75) is 32.7 Å². The number of rotatable bonds is 5. The lowest BCUT2D eigenvalue weighted by molar-refractivity contribution is 0.229. The van der Waals surface area contributed by atoms with Crippen LogP contribution in [0.2, 0.25) is 0 Å². The first-order valence-corrected chi connectivity index (χ1v) is 6.70. The molecule has 94 valence electrons. The first kappa shape index (κ1) is 12.5. The summed E-state index contributed by atoms with van der Waals surface area (Å²) in [5, 5.41) is 3.51. The number of nitrogens with zero attached hydrogens (tertiary/aromatic N) is 2. The van der Waals surface area contributed by atoms with Gasteiger partial charge in [-0.2, -0.15) is 0 Å². The number of hydrogen-bond donors (Lipinski definition) is 1. The van der Waals surface area contributed by atoms with E-state index in [-0.39, 0.29) is 0 Å². The molecule has 1 saturated heterocycles. The van der Waals surface area contributed by atoms with Crippen molar-refractivity contribution in [3.05, 3.63) is 29.6 Å². The second-order valence-electron chi connectivity index (χ2n) is 4.83. The molecule has 1 N–H and O–H groups in total. The van der Waals surface area contributed by atoms with Gasteiger partial charge >= 0.3 is 0 Å². The Morgan fingerprint density at radius 2 is 2.12 bits per heavy atom. The van der Waals surface area contributed by atoms with Gasteiger partial charge in [0.25, 0.3) is 0 Å². The van der Waals surface area contributed by atoms with E-state index in [0.717, 1.165) is 18.8 Å². The summed E-state index contributed by atoms with van der Waals surface area (Å²) in [4.78, 5) is 6.86. The van der Waals surface area contributed by atoms with Gasteiger partial charge in [0.1, 0.15) is 0 Å². The highest BCUT2D eigenvalue weighted by molar-refractivity contribution is 5.17. The van der Waals surface area contributed by atoms with Gasteiger partial charge in [-0.25, -0.2) is 0 Å². The molecule has 0 spiro atoms. The maximum Gasteiger partial charge on any atom is 0.0417 e. The lowest BCUT2D eigenvalue weighted by atomic mass is 10.1. The van der Waals surface area contributed by atoms with E-state index in [0.29, 0.717) is 0 Å². The third-order valence-corrected chi connectivity index (χ3v) is 3.49. The van der Waals surface area contributed by atoms with E-state index < -0.39 is 0 Å². The fraction of sp³-hybridized carbons (Fsp3) is 0.643. The Labute approximate surface area is 104 Å². The molecule has 0 radical (unpaired) electrons. The molecule has 1 aliphatic rings. The number of likely N-dealkylation sites (tertiary alicyclic amines) is 1. The predicted molar refractivity (Wildman–Crippen MR) is 71.0 cm³/mol. The number of pyridine rings is 1. The monoisotopic (exact) mass is 233 g/mol. The van der Waals surface area contributed by atoms with E-state index in [1.165, 1.54) is 44.5 Å². The normalized spacial score (nSPS) is 17.2. The molecular weight excluding hydrogens is 210 g/mol. The van der Waals surface area contributed by atoms with Crippen LogP contribution in [-0.4, -0.2) is 36.1 Å². The molecule has 0 bridgehead atoms. The zero-order chi connectivity index (χ0) is 11.9. The Morgan fingerprint density at radius 3 is 2.88 bits per heavy atom. The number of aromatic nitrogens is 1. The average molecular weight is 233 g/mol. The summed E-state index contributed by atoms with van der Waals surface area (Å²) in [6.45, 7) is 7.84. The maximum absolute atomic E-state index is 4.30. The standard InChI is InChI=1S/C14H23N3/c1-13-14(6-5-7-16-13)12-15-8-11-17-9-3-2-4-10-17/h5-7,15H,2-4,8-12H2,1H3. The minimum Gasteiger partial charge on any atom is -0.311 e. The van der Waals surface area contributed by atoms with E-state index >= 15 is 0 Å². The van der Waals surface area contributed by atoms with Crippen LogP contribution in [-0.2, 0) is 6.54 Å². The zero-order valence-corrected chi connectivity index (χ0v) is 10.8. The summed E-state index contributed by atoms with van der Waals surface area (Å²) in [6.07, 6.45) is 6.02. The van der Waals surface area contributed by atoms with Gasteiger partial charge < -0.3 is 10.2 Å². The summed E-state index contributed by atoms with van der Waals surface area (Å²) in [5.41, 5.74) is 2.45. The van der Waals surface area contributed by atoms with E-state index in [1.54, 1.807) is 0 Å². The molecule has 0 saturated carbocycles. The van der Waals surface area contributed by atoms with E-state index in [4.69, 9.17) is 0 Å². The van der Waals surface area contributed by atoms with Crippen molar-refractivity contribution < 1.29 is 0 Å². The highest BCUT2D eigenvalue weighted by atomic mass is 15.1. The second-order valence-corrected chi connectivity index (χ2v) is 4.83. The van der Waals surface area contributed by atoms with Gasteiger partial charge in [0.15, 0.2) is 0 Å². The molecule has 3 nitrogen and oxygen atoms in total. The molecule has 0 atom stereocenters. The molecule has 17 heavy (non-hydrogen) atoms. The first-order valence-electron chi connectivity index (χ1n) is 6.70. The van der Waals surface area contributed by atoms with Crippen molar-refractivity contribution in [3.8, 4) is 0 Å². The van der Waals surface area contributed by atoms with Gasteiger partial charge in [-0.1, -0.05) is 12.5 Å². The molecule has 0 amide bonds. The molecule has 1 fully saturated rings. The number of nitrogens with one attached hydrogen (secondary N) is 1. The van der Waals surface area contributed by atoms with Crippen molar-refractivity contribution in [2.75, 3.05) is 26.2 Å². The third kappa shape index (κ3) is 4.10. The Hall–Kier alpha value is -0.930. The molecule has 1 aliphatic heterocycles. The molecule has 0 aliphatic carbocycles. The predicted octanol–water partition coefficient (Wildman–Crippen LogP) is 1.97. The van der Waals surface area contributed by atoms with Gasteiger partial charge in [0, 0.05) is 31.5 Å². The summed E-state index contributed by atoms with van der Waals surface area (Å²) < 4.78 is 0. The largest absolute Gasteiger partial charge is 0.311 e. The van der Waals surface area contributed by atoms with Gasteiger partial charge in [-0.05, 0) is 44.5 Å².